The zero-order valence-electron chi connectivity index (χ0n) is 11.6. The maximum Gasteiger partial charge on any atom is 0.0207 e. The largest absolute Gasteiger partial charge is 0.317 e. The molecule has 0 atom stereocenters. The van der Waals surface area contributed by atoms with Crippen LogP contribution in [0.2, 0.25) is 0 Å². The van der Waals surface area contributed by atoms with Crippen molar-refractivity contribution in [2.24, 2.45) is 0 Å². The van der Waals surface area contributed by atoms with Crippen LogP contribution in [-0.4, -0.2) is 11.8 Å². The second-order valence-electron chi connectivity index (χ2n) is 4.99. The van der Waals surface area contributed by atoms with Crippen molar-refractivity contribution in [2.75, 3.05) is 6.54 Å². The minimum Gasteiger partial charge on any atom is -0.317 e. The summed E-state index contributed by atoms with van der Waals surface area (Å²) in [6.07, 6.45) is 9.71. The van der Waals surface area contributed by atoms with Gasteiger partial charge in [-0.15, -0.1) is 0 Å². The molecule has 0 amide bonds. The average molecular weight is 249 g/mol. The molecule has 0 radical (unpaired) electrons. The molecule has 0 saturated heterocycles. The Morgan fingerprint density at radius 1 is 0.833 bits per heavy atom. The summed E-state index contributed by atoms with van der Waals surface area (Å²) in [5.41, 5.74) is 5.12. The van der Waals surface area contributed by atoms with Crippen molar-refractivity contribution >= 4 is 0 Å². The van der Waals surface area contributed by atoms with Gasteiger partial charge in [0.25, 0.3) is 0 Å². The number of unbranched alkanes of at least 4 members (excludes halogenated alkanes) is 4. The predicted octanol–water partition coefficient (Wildman–Crippen LogP) is 4.11. The number of hydrogen-bond acceptors (Lipinski definition) is 2. The van der Waals surface area contributed by atoms with E-state index < -0.39 is 0 Å². The molecule has 0 saturated carbocycles. The summed E-state index contributed by atoms with van der Waals surface area (Å²) in [7, 11) is 0. The van der Waals surface area contributed by atoms with E-state index >= 15 is 0 Å². The summed E-state index contributed by atoms with van der Waals surface area (Å²) in [6, 6.07) is 9.11. The highest BCUT2D eigenvalue weighted by Crippen LogP contribution is 2.11. The minimum absolute atomic E-state index is 0.714. The highest BCUT2D eigenvalue weighted by Gasteiger charge is 1.96. The fourth-order valence-electron chi connectivity index (χ4n) is 2.14. The van der Waals surface area contributed by atoms with Gasteiger partial charge in [-0.25, -0.2) is 5.48 Å². The number of aryl methyl sites for hydroxylation is 2. The van der Waals surface area contributed by atoms with Crippen LogP contribution in [0, 0.1) is 0 Å². The smallest absolute Gasteiger partial charge is 0.0207 e. The first kappa shape index (κ1) is 15.2. The number of hydrogen-bond donors (Lipinski definition) is 2. The third-order valence-electron chi connectivity index (χ3n) is 3.35. The van der Waals surface area contributed by atoms with Crippen LogP contribution in [0.15, 0.2) is 24.3 Å². The fourth-order valence-corrected chi connectivity index (χ4v) is 2.14. The van der Waals surface area contributed by atoms with E-state index in [2.05, 4.69) is 36.7 Å². The van der Waals surface area contributed by atoms with Crippen molar-refractivity contribution in [2.45, 2.75) is 58.3 Å². The highest BCUT2D eigenvalue weighted by molar-refractivity contribution is 5.22. The van der Waals surface area contributed by atoms with Crippen LogP contribution >= 0.6 is 0 Å². The minimum atomic E-state index is 0.714. The highest BCUT2D eigenvalue weighted by atomic mass is 16.5. The Kier molecular flexibility index (Phi) is 8.53. The van der Waals surface area contributed by atoms with Crippen LogP contribution in [0.5, 0.6) is 0 Å². The Hall–Kier alpha value is -0.860. The summed E-state index contributed by atoms with van der Waals surface area (Å²) >= 11 is 0. The Morgan fingerprint density at radius 2 is 1.39 bits per heavy atom. The summed E-state index contributed by atoms with van der Waals surface area (Å²) in [4.78, 5) is 0. The molecule has 0 heterocycles. The molecule has 0 aliphatic carbocycles. The SMILES string of the molecule is CCCCc1ccc(CCCCCCNO)cc1. The van der Waals surface area contributed by atoms with E-state index in [0.717, 1.165) is 6.42 Å². The molecule has 2 heteroatoms. The molecule has 2 N–H and O–H groups in total. The van der Waals surface area contributed by atoms with Crippen LogP contribution in [0.3, 0.4) is 0 Å². The van der Waals surface area contributed by atoms with E-state index in [0.29, 0.717) is 6.54 Å². The van der Waals surface area contributed by atoms with Gasteiger partial charge >= 0.3 is 0 Å². The summed E-state index contributed by atoms with van der Waals surface area (Å²) in [5.74, 6) is 0. The van der Waals surface area contributed by atoms with E-state index in [1.54, 1.807) is 0 Å². The van der Waals surface area contributed by atoms with E-state index in [-0.39, 0.29) is 0 Å². The lowest BCUT2D eigenvalue weighted by Gasteiger charge is -2.04. The van der Waals surface area contributed by atoms with Gasteiger partial charge in [0.1, 0.15) is 0 Å². The molecule has 0 spiro atoms. The molecule has 1 aromatic rings. The number of hydroxylamine groups is 1. The quantitative estimate of drug-likeness (QED) is 0.483. The van der Waals surface area contributed by atoms with Gasteiger partial charge in [-0.3, -0.25) is 0 Å². The van der Waals surface area contributed by atoms with Crippen molar-refractivity contribution in [3.8, 4) is 0 Å². The van der Waals surface area contributed by atoms with E-state index in [1.807, 2.05) is 0 Å². The zero-order chi connectivity index (χ0) is 13.1. The third kappa shape index (κ3) is 6.77. The lowest BCUT2D eigenvalue weighted by Crippen LogP contribution is -2.07. The first-order valence-corrected chi connectivity index (χ1v) is 7.31. The monoisotopic (exact) mass is 249 g/mol. The van der Waals surface area contributed by atoms with Crippen LogP contribution < -0.4 is 5.48 Å². The lowest BCUT2D eigenvalue weighted by molar-refractivity contribution is 0.164. The van der Waals surface area contributed by atoms with Crippen LogP contribution in [0.25, 0.3) is 0 Å². The molecule has 18 heavy (non-hydrogen) atoms. The van der Waals surface area contributed by atoms with E-state index in [1.165, 1.54) is 56.1 Å². The van der Waals surface area contributed by atoms with Crippen molar-refractivity contribution in [1.29, 1.82) is 0 Å². The van der Waals surface area contributed by atoms with Crippen LogP contribution in [0.4, 0.5) is 0 Å². The molecule has 0 unspecified atom stereocenters. The van der Waals surface area contributed by atoms with Crippen molar-refractivity contribution < 1.29 is 5.21 Å². The number of nitrogens with one attached hydrogen (secondary N) is 1. The van der Waals surface area contributed by atoms with E-state index in [4.69, 9.17) is 5.21 Å². The Labute approximate surface area is 111 Å². The molecule has 102 valence electrons. The van der Waals surface area contributed by atoms with Gasteiger partial charge in [-0.2, -0.15) is 0 Å². The Balaban J connectivity index is 2.14. The Morgan fingerprint density at radius 3 is 1.94 bits per heavy atom. The Bertz CT molecular complexity index is 294. The maximum absolute atomic E-state index is 8.44. The van der Waals surface area contributed by atoms with Gasteiger partial charge in [0.05, 0.1) is 0 Å². The summed E-state index contributed by atoms with van der Waals surface area (Å²) in [5, 5.41) is 8.44. The van der Waals surface area contributed by atoms with Gasteiger partial charge < -0.3 is 5.21 Å². The number of benzene rings is 1. The molecule has 0 aromatic heterocycles. The summed E-state index contributed by atoms with van der Waals surface area (Å²) < 4.78 is 0. The van der Waals surface area contributed by atoms with Crippen LogP contribution in [0.1, 0.15) is 56.6 Å². The fraction of sp³-hybridized carbons (Fsp3) is 0.625. The molecule has 0 aliphatic rings. The van der Waals surface area contributed by atoms with Crippen molar-refractivity contribution in [3.05, 3.63) is 35.4 Å². The first-order chi connectivity index (χ1) is 8.86. The first-order valence-electron chi connectivity index (χ1n) is 7.31. The predicted molar refractivity (Wildman–Crippen MR) is 77.0 cm³/mol. The van der Waals surface area contributed by atoms with Gasteiger partial charge in [-0.1, -0.05) is 50.5 Å². The molecule has 2 nitrogen and oxygen atoms in total. The van der Waals surface area contributed by atoms with Gasteiger partial charge in [0, 0.05) is 6.54 Å². The molecule has 1 rings (SSSR count). The molecule has 0 aliphatic heterocycles. The molecular formula is C16H27NO. The molecule has 1 aromatic carbocycles. The molecular weight excluding hydrogens is 222 g/mol. The topological polar surface area (TPSA) is 32.3 Å². The third-order valence-corrected chi connectivity index (χ3v) is 3.35. The van der Waals surface area contributed by atoms with Gasteiger partial charge in [-0.05, 0) is 43.2 Å². The van der Waals surface area contributed by atoms with Gasteiger partial charge in [0.15, 0.2) is 0 Å². The maximum atomic E-state index is 8.44. The second-order valence-corrected chi connectivity index (χ2v) is 4.99. The summed E-state index contributed by atoms with van der Waals surface area (Å²) in [6.45, 7) is 2.95. The van der Waals surface area contributed by atoms with E-state index in [9.17, 15) is 0 Å². The zero-order valence-corrected chi connectivity index (χ0v) is 11.6. The lowest BCUT2D eigenvalue weighted by atomic mass is 10.0. The molecule has 0 fully saturated rings. The number of rotatable bonds is 10. The van der Waals surface area contributed by atoms with Crippen LogP contribution in [-0.2, 0) is 12.8 Å². The van der Waals surface area contributed by atoms with Gasteiger partial charge in [0.2, 0.25) is 0 Å². The standard InChI is InChI=1S/C16H27NO/c1-2-3-8-15-10-12-16(13-11-15)9-6-4-5-7-14-17-18/h10-13,17-18H,2-9,14H2,1H3. The normalized spacial score (nSPS) is 10.8. The molecule has 0 bridgehead atoms. The second kappa shape index (κ2) is 10.1. The van der Waals surface area contributed by atoms with Crippen molar-refractivity contribution in [3.63, 3.8) is 0 Å². The van der Waals surface area contributed by atoms with Crippen molar-refractivity contribution in [1.82, 2.24) is 5.48 Å². The average Bonchev–Trinajstić information content (AvgIpc) is 2.42.